The third-order valence-electron chi connectivity index (χ3n) is 2.38. The van der Waals surface area contributed by atoms with Crippen LogP contribution in [0.5, 0.6) is 0 Å². The lowest BCUT2D eigenvalue weighted by molar-refractivity contribution is 0.151. The molecular weight excluding hydrogens is 268 g/mol. The number of nitrogens with zero attached hydrogens (tertiary/aromatic N) is 2. The Labute approximate surface area is 105 Å². The molecule has 3 nitrogen and oxygen atoms in total. The topological polar surface area (TPSA) is 36.3 Å². The summed E-state index contributed by atoms with van der Waals surface area (Å²) in [5.74, 6) is 0. The van der Waals surface area contributed by atoms with Crippen LogP contribution in [0.1, 0.15) is 11.6 Å². The average molecular weight is 283 g/mol. The van der Waals surface area contributed by atoms with Crippen molar-refractivity contribution in [1.82, 2.24) is 4.90 Å². The number of benzene rings is 1. The first-order valence-corrected chi connectivity index (χ1v) is 5.82. The van der Waals surface area contributed by atoms with Gasteiger partial charge in [0.05, 0.1) is 12.7 Å². The fourth-order valence-electron chi connectivity index (χ4n) is 1.47. The Bertz CT molecular complexity index is 376. The molecule has 4 heteroatoms. The highest BCUT2D eigenvalue weighted by atomic mass is 79.9. The van der Waals surface area contributed by atoms with E-state index in [1.807, 2.05) is 36.2 Å². The average Bonchev–Trinajstić information content (AvgIpc) is 2.27. The van der Waals surface area contributed by atoms with E-state index in [1.54, 1.807) is 7.11 Å². The zero-order chi connectivity index (χ0) is 12.0. The van der Waals surface area contributed by atoms with Gasteiger partial charge in [-0.3, -0.25) is 4.90 Å². The van der Waals surface area contributed by atoms with E-state index < -0.39 is 0 Å². The van der Waals surface area contributed by atoms with Crippen molar-refractivity contribution in [3.8, 4) is 6.07 Å². The van der Waals surface area contributed by atoms with Gasteiger partial charge in [-0.25, -0.2) is 0 Å². The Morgan fingerprint density at radius 2 is 2.31 bits per heavy atom. The Hall–Kier alpha value is -0.890. The third kappa shape index (κ3) is 3.60. The summed E-state index contributed by atoms with van der Waals surface area (Å²) < 4.78 is 6.00. The van der Waals surface area contributed by atoms with E-state index in [-0.39, 0.29) is 6.04 Å². The Morgan fingerprint density at radius 3 is 2.88 bits per heavy atom. The highest BCUT2D eigenvalue weighted by Gasteiger charge is 2.15. The van der Waals surface area contributed by atoms with Gasteiger partial charge in [-0.15, -0.1) is 0 Å². The second-order valence-corrected chi connectivity index (χ2v) is 4.48. The molecule has 0 saturated heterocycles. The van der Waals surface area contributed by atoms with Crippen LogP contribution in [0.2, 0.25) is 0 Å². The lowest BCUT2D eigenvalue weighted by Crippen LogP contribution is -2.27. The van der Waals surface area contributed by atoms with Crippen LogP contribution in [0, 0.1) is 11.3 Å². The molecule has 0 aliphatic carbocycles. The first-order valence-electron chi connectivity index (χ1n) is 5.03. The number of methoxy groups -OCH3 is 1. The summed E-state index contributed by atoms with van der Waals surface area (Å²) in [7, 11) is 3.59. The van der Waals surface area contributed by atoms with Gasteiger partial charge in [0.1, 0.15) is 6.04 Å². The molecule has 16 heavy (non-hydrogen) atoms. The summed E-state index contributed by atoms with van der Waals surface area (Å²) in [6.07, 6.45) is 0. The van der Waals surface area contributed by atoms with Crippen LogP contribution in [0.25, 0.3) is 0 Å². The van der Waals surface area contributed by atoms with Crippen molar-refractivity contribution >= 4 is 15.9 Å². The summed E-state index contributed by atoms with van der Waals surface area (Å²) in [6, 6.07) is 9.89. The predicted molar refractivity (Wildman–Crippen MR) is 67.0 cm³/mol. The summed E-state index contributed by atoms with van der Waals surface area (Å²) in [5, 5.41) is 9.19. The van der Waals surface area contributed by atoms with Crippen molar-refractivity contribution in [3.05, 3.63) is 34.3 Å². The molecule has 86 valence electrons. The molecule has 0 fully saturated rings. The molecule has 0 saturated carbocycles. The number of halogens is 1. The number of likely N-dealkylation sites (N-methyl/N-ethyl adjacent to an activating group) is 1. The van der Waals surface area contributed by atoms with Crippen LogP contribution in [0.4, 0.5) is 0 Å². The van der Waals surface area contributed by atoms with Gasteiger partial charge in [0.2, 0.25) is 0 Å². The Morgan fingerprint density at radius 1 is 1.56 bits per heavy atom. The zero-order valence-corrected chi connectivity index (χ0v) is 11.1. The van der Waals surface area contributed by atoms with E-state index in [9.17, 15) is 5.26 Å². The third-order valence-corrected chi connectivity index (χ3v) is 2.87. The smallest absolute Gasteiger partial charge is 0.123 e. The summed E-state index contributed by atoms with van der Waals surface area (Å²) >= 11 is 3.41. The van der Waals surface area contributed by atoms with E-state index >= 15 is 0 Å². The van der Waals surface area contributed by atoms with Crippen molar-refractivity contribution in [1.29, 1.82) is 5.26 Å². The van der Waals surface area contributed by atoms with Gasteiger partial charge < -0.3 is 4.74 Å². The lowest BCUT2D eigenvalue weighted by Gasteiger charge is -2.22. The molecule has 0 aromatic heterocycles. The SMILES string of the molecule is COCCN(C)C(C#N)c1cccc(Br)c1. The quantitative estimate of drug-likeness (QED) is 0.833. The first-order chi connectivity index (χ1) is 7.69. The number of hydrogen-bond donors (Lipinski definition) is 0. The van der Waals surface area contributed by atoms with Crippen molar-refractivity contribution in [2.24, 2.45) is 0 Å². The fraction of sp³-hybridized carbons (Fsp3) is 0.417. The monoisotopic (exact) mass is 282 g/mol. The van der Waals surface area contributed by atoms with Gasteiger partial charge in [-0.2, -0.15) is 5.26 Å². The standard InChI is InChI=1S/C12H15BrN2O/c1-15(6-7-16-2)12(9-14)10-4-3-5-11(13)8-10/h3-5,8,12H,6-7H2,1-2H3. The molecule has 0 N–H and O–H groups in total. The number of ether oxygens (including phenoxy) is 1. The number of hydrogen-bond acceptors (Lipinski definition) is 3. The summed E-state index contributed by atoms with van der Waals surface area (Å²) in [6.45, 7) is 1.37. The van der Waals surface area contributed by atoms with E-state index in [0.29, 0.717) is 6.61 Å². The van der Waals surface area contributed by atoms with Crippen LogP contribution in [0.3, 0.4) is 0 Å². The molecule has 1 rings (SSSR count). The minimum absolute atomic E-state index is 0.229. The maximum absolute atomic E-state index is 9.19. The van der Waals surface area contributed by atoms with E-state index in [4.69, 9.17) is 4.74 Å². The van der Waals surface area contributed by atoms with Crippen LogP contribution in [-0.2, 0) is 4.74 Å². The van der Waals surface area contributed by atoms with Crippen molar-refractivity contribution in [2.75, 3.05) is 27.3 Å². The van der Waals surface area contributed by atoms with Crippen LogP contribution in [0.15, 0.2) is 28.7 Å². The van der Waals surface area contributed by atoms with E-state index in [0.717, 1.165) is 16.6 Å². The number of rotatable bonds is 5. The van der Waals surface area contributed by atoms with Crippen LogP contribution in [-0.4, -0.2) is 32.2 Å². The zero-order valence-electron chi connectivity index (χ0n) is 9.48. The predicted octanol–water partition coefficient (Wildman–Crippen LogP) is 2.59. The molecular formula is C12H15BrN2O. The normalized spacial score (nSPS) is 12.4. The second-order valence-electron chi connectivity index (χ2n) is 3.56. The fourth-order valence-corrected chi connectivity index (χ4v) is 1.89. The lowest BCUT2D eigenvalue weighted by atomic mass is 10.1. The Balaban J connectivity index is 2.78. The minimum atomic E-state index is -0.229. The largest absolute Gasteiger partial charge is 0.383 e. The van der Waals surface area contributed by atoms with Gasteiger partial charge >= 0.3 is 0 Å². The minimum Gasteiger partial charge on any atom is -0.383 e. The molecule has 1 unspecified atom stereocenters. The van der Waals surface area contributed by atoms with Crippen LogP contribution < -0.4 is 0 Å². The molecule has 0 bridgehead atoms. The highest BCUT2D eigenvalue weighted by Crippen LogP contribution is 2.21. The van der Waals surface area contributed by atoms with E-state index in [1.165, 1.54) is 0 Å². The molecule has 0 heterocycles. The van der Waals surface area contributed by atoms with Gasteiger partial charge in [0.25, 0.3) is 0 Å². The maximum Gasteiger partial charge on any atom is 0.123 e. The van der Waals surface area contributed by atoms with Crippen molar-refractivity contribution in [2.45, 2.75) is 6.04 Å². The van der Waals surface area contributed by atoms with Crippen molar-refractivity contribution in [3.63, 3.8) is 0 Å². The summed E-state index contributed by atoms with van der Waals surface area (Å²) in [5.41, 5.74) is 0.996. The molecule has 0 radical (unpaired) electrons. The van der Waals surface area contributed by atoms with Gasteiger partial charge in [-0.1, -0.05) is 28.1 Å². The first kappa shape index (κ1) is 13.2. The molecule has 1 aromatic rings. The molecule has 1 aromatic carbocycles. The molecule has 0 spiro atoms. The number of nitriles is 1. The highest BCUT2D eigenvalue weighted by molar-refractivity contribution is 9.10. The van der Waals surface area contributed by atoms with E-state index in [2.05, 4.69) is 22.0 Å². The molecule has 0 aliphatic heterocycles. The van der Waals surface area contributed by atoms with Crippen molar-refractivity contribution < 1.29 is 4.74 Å². The van der Waals surface area contributed by atoms with Gasteiger partial charge in [0.15, 0.2) is 0 Å². The van der Waals surface area contributed by atoms with Gasteiger partial charge in [-0.05, 0) is 24.7 Å². The maximum atomic E-state index is 9.19. The Kier molecular flexibility index (Phi) is 5.47. The second kappa shape index (κ2) is 6.64. The van der Waals surface area contributed by atoms with Crippen LogP contribution >= 0.6 is 15.9 Å². The molecule has 0 aliphatic rings. The molecule has 1 atom stereocenters. The van der Waals surface area contributed by atoms with Gasteiger partial charge in [0, 0.05) is 18.1 Å². The summed E-state index contributed by atoms with van der Waals surface area (Å²) in [4.78, 5) is 1.98. The molecule has 0 amide bonds.